The van der Waals surface area contributed by atoms with Crippen molar-refractivity contribution in [2.45, 2.75) is 26.0 Å². The number of aliphatic hydroxyl groups is 1. The number of aromatic nitrogens is 1. The quantitative estimate of drug-likeness (QED) is 0.616. The number of nitrogens with zero attached hydrogens (tertiary/aromatic N) is 2. The first kappa shape index (κ1) is 15.3. The Balaban J connectivity index is 3.42. The van der Waals surface area contributed by atoms with Gasteiger partial charge in [0, 0.05) is 5.56 Å². The van der Waals surface area contributed by atoms with Crippen LogP contribution in [0.4, 0.5) is 5.69 Å². The fourth-order valence-electron chi connectivity index (χ4n) is 1.40. The third kappa shape index (κ3) is 2.99. The molecule has 1 aromatic heterocycles. The first-order valence-corrected chi connectivity index (χ1v) is 5.87. The second-order valence-corrected chi connectivity index (χ2v) is 5.02. The Kier molecular flexibility index (Phi) is 4.11. The van der Waals surface area contributed by atoms with Crippen molar-refractivity contribution in [2.24, 2.45) is 0 Å². The van der Waals surface area contributed by atoms with E-state index < -0.39 is 28.6 Å². The van der Waals surface area contributed by atoms with Crippen LogP contribution in [-0.4, -0.2) is 31.3 Å². The van der Waals surface area contributed by atoms with Crippen molar-refractivity contribution >= 4 is 27.6 Å². The van der Waals surface area contributed by atoms with Gasteiger partial charge < -0.3 is 14.8 Å². The average molecular weight is 335 g/mol. The predicted octanol–water partition coefficient (Wildman–Crippen LogP) is 0.663. The van der Waals surface area contributed by atoms with E-state index in [-0.39, 0.29) is 15.7 Å². The maximum absolute atomic E-state index is 11.9. The molecule has 0 aliphatic heterocycles. The van der Waals surface area contributed by atoms with Gasteiger partial charge in [0.15, 0.2) is 5.60 Å². The summed E-state index contributed by atoms with van der Waals surface area (Å²) in [6.45, 7) is 1.80. The largest absolute Gasteiger partial charge is 0.479 e. The van der Waals surface area contributed by atoms with Crippen LogP contribution in [-0.2, 0) is 11.3 Å². The van der Waals surface area contributed by atoms with Gasteiger partial charge >= 0.3 is 5.97 Å². The lowest BCUT2D eigenvalue weighted by Gasteiger charge is -2.19. The van der Waals surface area contributed by atoms with E-state index in [2.05, 4.69) is 15.9 Å². The van der Waals surface area contributed by atoms with Gasteiger partial charge in [-0.1, -0.05) is 0 Å². The Hall–Kier alpha value is -1.74. The van der Waals surface area contributed by atoms with Gasteiger partial charge in [-0.25, -0.2) is 4.79 Å². The molecule has 1 heterocycles. The summed E-state index contributed by atoms with van der Waals surface area (Å²) in [6.07, 6.45) is 0.917. The number of carbonyl (C=O) groups is 1. The number of carboxylic acid groups (broad SMARTS) is 1. The highest BCUT2D eigenvalue weighted by Crippen LogP contribution is 2.22. The Morgan fingerprint density at radius 3 is 2.58 bits per heavy atom. The van der Waals surface area contributed by atoms with Crippen molar-refractivity contribution in [3.63, 3.8) is 0 Å². The number of hydrogen-bond acceptors (Lipinski definition) is 5. The molecule has 1 rings (SSSR count). The number of pyridine rings is 1. The van der Waals surface area contributed by atoms with E-state index in [9.17, 15) is 24.8 Å². The van der Waals surface area contributed by atoms with Crippen LogP contribution >= 0.6 is 15.9 Å². The molecule has 19 heavy (non-hydrogen) atoms. The summed E-state index contributed by atoms with van der Waals surface area (Å²) in [5, 5.41) is 29.2. The van der Waals surface area contributed by atoms with Crippen molar-refractivity contribution in [3.8, 4) is 0 Å². The van der Waals surface area contributed by atoms with Gasteiger partial charge in [0.2, 0.25) is 0 Å². The van der Waals surface area contributed by atoms with E-state index >= 15 is 0 Å². The molecule has 0 aromatic carbocycles. The standard InChI is InChI=1S/C10H11BrN2O6/c1-5-6(13(18)19)3-12(8(14)7(5)11)4-10(2,17)9(15)16/h3,17H,4H2,1-2H3,(H,15,16). The summed E-state index contributed by atoms with van der Waals surface area (Å²) in [7, 11) is 0. The molecule has 104 valence electrons. The van der Waals surface area contributed by atoms with E-state index in [0.717, 1.165) is 17.7 Å². The number of aliphatic carboxylic acids is 1. The summed E-state index contributed by atoms with van der Waals surface area (Å²) in [5.74, 6) is -1.53. The fourth-order valence-corrected chi connectivity index (χ4v) is 1.83. The molecule has 0 bridgehead atoms. The molecular formula is C10H11BrN2O6. The first-order chi connectivity index (χ1) is 8.58. The minimum atomic E-state index is -2.20. The minimum Gasteiger partial charge on any atom is -0.479 e. The van der Waals surface area contributed by atoms with Crippen LogP contribution in [0.1, 0.15) is 12.5 Å². The van der Waals surface area contributed by atoms with Crippen LogP contribution in [0.15, 0.2) is 15.5 Å². The minimum absolute atomic E-state index is 0.0390. The zero-order chi connectivity index (χ0) is 15.0. The maximum atomic E-state index is 11.9. The molecule has 0 aliphatic carbocycles. The van der Waals surface area contributed by atoms with Gasteiger partial charge in [0.1, 0.15) is 0 Å². The lowest BCUT2D eigenvalue weighted by atomic mass is 10.1. The van der Waals surface area contributed by atoms with Crippen molar-refractivity contribution in [1.29, 1.82) is 0 Å². The SMILES string of the molecule is Cc1c([N+](=O)[O-])cn(CC(C)(O)C(=O)O)c(=O)c1Br. The first-order valence-electron chi connectivity index (χ1n) is 5.07. The molecule has 0 saturated heterocycles. The fraction of sp³-hybridized carbons (Fsp3) is 0.400. The predicted molar refractivity (Wildman–Crippen MR) is 68.1 cm³/mol. The van der Waals surface area contributed by atoms with Crippen LogP contribution in [0.3, 0.4) is 0 Å². The molecule has 1 atom stereocenters. The number of carboxylic acids is 1. The summed E-state index contributed by atoms with van der Waals surface area (Å²) >= 11 is 2.93. The summed E-state index contributed by atoms with van der Waals surface area (Å²) in [6, 6.07) is 0. The van der Waals surface area contributed by atoms with Crippen molar-refractivity contribution in [3.05, 3.63) is 36.7 Å². The Morgan fingerprint density at radius 1 is 1.63 bits per heavy atom. The van der Waals surface area contributed by atoms with Gasteiger partial charge in [-0.15, -0.1) is 0 Å². The maximum Gasteiger partial charge on any atom is 0.337 e. The normalized spacial score (nSPS) is 13.9. The smallest absolute Gasteiger partial charge is 0.337 e. The summed E-state index contributed by atoms with van der Waals surface area (Å²) < 4.78 is 0.756. The van der Waals surface area contributed by atoms with E-state index in [1.165, 1.54) is 6.92 Å². The summed E-state index contributed by atoms with van der Waals surface area (Å²) in [5.41, 5.74) is -3.05. The molecule has 8 nitrogen and oxygen atoms in total. The Morgan fingerprint density at radius 2 is 2.16 bits per heavy atom. The monoisotopic (exact) mass is 334 g/mol. The molecule has 0 amide bonds. The van der Waals surface area contributed by atoms with Gasteiger partial charge in [0.25, 0.3) is 11.2 Å². The Labute approximate surface area is 115 Å². The number of rotatable bonds is 4. The highest BCUT2D eigenvalue weighted by Gasteiger charge is 2.32. The van der Waals surface area contributed by atoms with E-state index in [1.54, 1.807) is 0 Å². The third-order valence-corrected chi connectivity index (χ3v) is 3.51. The second kappa shape index (κ2) is 5.10. The molecule has 0 spiro atoms. The molecule has 0 aliphatic rings. The highest BCUT2D eigenvalue weighted by atomic mass is 79.9. The molecule has 1 unspecified atom stereocenters. The van der Waals surface area contributed by atoms with Crippen LogP contribution in [0.5, 0.6) is 0 Å². The van der Waals surface area contributed by atoms with Gasteiger partial charge in [-0.2, -0.15) is 0 Å². The van der Waals surface area contributed by atoms with Gasteiger partial charge in [-0.05, 0) is 29.8 Å². The van der Waals surface area contributed by atoms with Gasteiger partial charge in [-0.3, -0.25) is 14.9 Å². The molecule has 0 radical (unpaired) electrons. The van der Waals surface area contributed by atoms with Crippen LogP contribution in [0, 0.1) is 17.0 Å². The van der Waals surface area contributed by atoms with Crippen molar-refractivity contribution < 1.29 is 19.9 Å². The van der Waals surface area contributed by atoms with Crippen LogP contribution in [0.25, 0.3) is 0 Å². The third-order valence-electron chi connectivity index (χ3n) is 2.58. The van der Waals surface area contributed by atoms with Crippen LogP contribution in [0.2, 0.25) is 0 Å². The van der Waals surface area contributed by atoms with Crippen molar-refractivity contribution in [1.82, 2.24) is 4.57 Å². The molecule has 9 heteroatoms. The molecule has 1 aromatic rings. The molecule has 0 fully saturated rings. The summed E-state index contributed by atoms with van der Waals surface area (Å²) in [4.78, 5) is 32.8. The average Bonchev–Trinajstić information content (AvgIpc) is 2.29. The zero-order valence-electron chi connectivity index (χ0n) is 10.1. The highest BCUT2D eigenvalue weighted by molar-refractivity contribution is 9.10. The topological polar surface area (TPSA) is 123 Å². The van der Waals surface area contributed by atoms with E-state index in [4.69, 9.17) is 5.11 Å². The molecular weight excluding hydrogens is 324 g/mol. The number of hydrogen-bond donors (Lipinski definition) is 2. The number of halogens is 1. The molecule has 2 N–H and O–H groups in total. The van der Waals surface area contributed by atoms with Crippen molar-refractivity contribution in [2.75, 3.05) is 0 Å². The second-order valence-electron chi connectivity index (χ2n) is 4.22. The lowest BCUT2D eigenvalue weighted by molar-refractivity contribution is -0.386. The van der Waals surface area contributed by atoms with E-state index in [1.807, 2.05) is 0 Å². The lowest BCUT2D eigenvalue weighted by Crippen LogP contribution is -2.42. The van der Waals surface area contributed by atoms with Crippen LogP contribution < -0.4 is 5.56 Å². The molecule has 0 saturated carbocycles. The zero-order valence-corrected chi connectivity index (χ0v) is 11.7. The Bertz CT molecular complexity index is 607. The number of nitro groups is 1. The van der Waals surface area contributed by atoms with Gasteiger partial charge in [0.05, 0.1) is 22.1 Å². The van der Waals surface area contributed by atoms with E-state index in [0.29, 0.717) is 0 Å².